The molecule has 1 rings (SSSR count). The zero-order valence-electron chi connectivity index (χ0n) is 15.6. The average molecular weight is 402 g/mol. The Labute approximate surface area is 169 Å². The molecule has 1 unspecified atom stereocenters. The van der Waals surface area contributed by atoms with Crippen molar-refractivity contribution in [1.29, 1.82) is 0 Å². The molecule has 1 aromatic carbocycles. The van der Waals surface area contributed by atoms with Crippen LogP contribution in [0.5, 0.6) is 0 Å². The van der Waals surface area contributed by atoms with Crippen molar-refractivity contribution in [3.05, 3.63) is 35.9 Å². The van der Waals surface area contributed by atoms with Crippen molar-refractivity contribution < 1.29 is 34.7 Å². The molecule has 0 heterocycles. The molecule has 0 amide bonds. The predicted molar refractivity (Wildman–Crippen MR) is 102 cm³/mol. The minimum Gasteiger partial charge on any atom is -0.285 e. The quantitative estimate of drug-likeness (QED) is 0.225. The van der Waals surface area contributed by atoms with Crippen molar-refractivity contribution in [3.63, 3.8) is 0 Å². The number of unbranched alkanes of at least 4 members (excludes halogenated alkanes) is 10. The first-order valence-corrected chi connectivity index (χ1v) is 11.1. The van der Waals surface area contributed by atoms with Gasteiger partial charge in [0.1, 0.15) is 5.25 Å². The van der Waals surface area contributed by atoms with Crippen molar-refractivity contribution in [3.8, 4) is 0 Å². The molecule has 0 fully saturated rings. The molecule has 0 aromatic heterocycles. The Morgan fingerprint density at radius 1 is 0.800 bits per heavy atom. The van der Waals surface area contributed by atoms with E-state index in [-0.39, 0.29) is 21.7 Å². The molecule has 0 aliphatic carbocycles. The molecule has 0 saturated carbocycles. The summed E-state index contributed by atoms with van der Waals surface area (Å²) >= 11 is 0. The Morgan fingerprint density at radius 2 is 1.24 bits per heavy atom. The first-order chi connectivity index (χ1) is 11.6. The maximum absolute atomic E-state index is 11.6. The summed E-state index contributed by atoms with van der Waals surface area (Å²) in [6, 6.07) is 9.03. The smallest absolute Gasteiger partial charge is 0.271 e. The molecule has 1 aromatic rings. The first kappa shape index (κ1) is 24.8. The van der Waals surface area contributed by atoms with Crippen LogP contribution in [0, 0.1) is 0 Å². The van der Waals surface area contributed by atoms with Gasteiger partial charge in [-0.1, -0.05) is 108 Å². The molecule has 0 aliphatic heterocycles. The Kier molecular flexibility index (Phi) is 14.9. The molecule has 1 N–H and O–H groups in total. The van der Waals surface area contributed by atoms with E-state index in [9.17, 15) is 13.0 Å². The van der Waals surface area contributed by atoms with Crippen LogP contribution in [0.3, 0.4) is 0 Å². The van der Waals surface area contributed by atoms with Crippen LogP contribution in [0.2, 0.25) is 0 Å². The molecule has 142 valence electrons. The molecule has 0 aliphatic rings. The molecule has 1 atom stereocenters. The third kappa shape index (κ3) is 12.0. The normalized spacial score (nSPS) is 12.6. The van der Waals surface area contributed by atoms with Gasteiger partial charge in [0, 0.05) is 21.7 Å². The third-order valence-corrected chi connectivity index (χ3v) is 5.83. The second-order valence-corrected chi connectivity index (χ2v) is 8.34. The van der Waals surface area contributed by atoms with Crippen LogP contribution in [-0.2, 0) is 31.8 Å². The van der Waals surface area contributed by atoms with E-state index in [0.717, 1.165) is 19.3 Å². The topological polar surface area (TPSA) is 54.4 Å². The number of benzene rings is 1. The van der Waals surface area contributed by atoms with Crippen LogP contribution in [0.25, 0.3) is 0 Å². The first-order valence-electron chi connectivity index (χ1n) is 9.57. The monoisotopic (exact) mass is 402 g/mol. The van der Waals surface area contributed by atoms with E-state index in [1.807, 2.05) is 18.2 Å². The van der Waals surface area contributed by atoms with Crippen molar-refractivity contribution in [1.82, 2.24) is 0 Å². The standard InChI is InChI=1S/C20H34O3S.Ti/c1-2-3-4-5-6-7-8-9-10-11-15-18-20(24(21,22)23)19-16-13-12-14-17-19;/h12-14,16-17,20H,2-11,15,18H2,1H3,(H,21,22,23);. The molecule has 0 spiro atoms. The maximum atomic E-state index is 11.6. The minimum absolute atomic E-state index is 0. The Hall–Kier alpha value is -0.156. The van der Waals surface area contributed by atoms with Crippen molar-refractivity contribution in [2.45, 2.75) is 89.2 Å². The van der Waals surface area contributed by atoms with Crippen LogP contribution in [0.4, 0.5) is 0 Å². The molecule has 5 heteroatoms. The van der Waals surface area contributed by atoms with Gasteiger partial charge >= 0.3 is 0 Å². The van der Waals surface area contributed by atoms with Crippen molar-refractivity contribution >= 4 is 10.1 Å². The van der Waals surface area contributed by atoms with Gasteiger partial charge in [-0.3, -0.25) is 4.55 Å². The van der Waals surface area contributed by atoms with E-state index in [1.54, 1.807) is 12.1 Å². The molecular formula is C20H34O3STi. The molecule has 0 radical (unpaired) electrons. The minimum atomic E-state index is -4.03. The van der Waals surface area contributed by atoms with Crippen LogP contribution in [0.15, 0.2) is 30.3 Å². The summed E-state index contributed by atoms with van der Waals surface area (Å²) in [5.41, 5.74) is 0.687. The fraction of sp³-hybridized carbons (Fsp3) is 0.700. The average Bonchev–Trinajstić information content (AvgIpc) is 2.55. The zero-order valence-corrected chi connectivity index (χ0v) is 18.0. The summed E-state index contributed by atoms with van der Waals surface area (Å²) in [7, 11) is -4.03. The summed E-state index contributed by atoms with van der Waals surface area (Å²) in [5, 5.41) is -0.780. The fourth-order valence-corrected chi connectivity index (χ4v) is 4.11. The largest absolute Gasteiger partial charge is 0.285 e. The summed E-state index contributed by atoms with van der Waals surface area (Å²) in [5.74, 6) is 0. The van der Waals surface area contributed by atoms with Gasteiger partial charge in [0.15, 0.2) is 0 Å². The Bertz CT molecular complexity index is 517. The zero-order chi connectivity index (χ0) is 17.7. The van der Waals surface area contributed by atoms with Crippen molar-refractivity contribution in [2.24, 2.45) is 0 Å². The van der Waals surface area contributed by atoms with Gasteiger partial charge in [-0.15, -0.1) is 0 Å². The van der Waals surface area contributed by atoms with Crippen LogP contribution in [0.1, 0.15) is 94.8 Å². The Morgan fingerprint density at radius 3 is 1.68 bits per heavy atom. The molecule has 3 nitrogen and oxygen atoms in total. The van der Waals surface area contributed by atoms with Crippen LogP contribution < -0.4 is 0 Å². The molecular weight excluding hydrogens is 368 g/mol. The summed E-state index contributed by atoms with van der Waals surface area (Å²) in [6.07, 6.45) is 14.1. The van der Waals surface area contributed by atoms with Gasteiger partial charge in [-0.2, -0.15) is 8.42 Å². The molecule has 0 bridgehead atoms. The van der Waals surface area contributed by atoms with Crippen LogP contribution >= 0.6 is 0 Å². The maximum Gasteiger partial charge on any atom is 0.271 e. The number of hydrogen-bond donors (Lipinski definition) is 1. The third-order valence-electron chi connectivity index (χ3n) is 4.60. The van der Waals surface area contributed by atoms with Gasteiger partial charge in [-0.05, 0) is 12.0 Å². The van der Waals surface area contributed by atoms with Gasteiger partial charge < -0.3 is 0 Å². The summed E-state index contributed by atoms with van der Waals surface area (Å²) < 4.78 is 32.7. The summed E-state index contributed by atoms with van der Waals surface area (Å²) in [6.45, 7) is 2.24. The van der Waals surface area contributed by atoms with E-state index in [1.165, 1.54) is 51.4 Å². The van der Waals surface area contributed by atoms with Gasteiger partial charge in [0.05, 0.1) is 0 Å². The predicted octanol–water partition coefficient (Wildman–Crippen LogP) is 6.31. The number of hydrogen-bond acceptors (Lipinski definition) is 2. The summed E-state index contributed by atoms with van der Waals surface area (Å²) in [4.78, 5) is 0. The van der Waals surface area contributed by atoms with E-state index < -0.39 is 15.4 Å². The number of rotatable bonds is 14. The van der Waals surface area contributed by atoms with Gasteiger partial charge in [0.2, 0.25) is 0 Å². The van der Waals surface area contributed by atoms with Gasteiger partial charge in [-0.25, -0.2) is 0 Å². The van der Waals surface area contributed by atoms with Crippen LogP contribution in [-0.4, -0.2) is 13.0 Å². The van der Waals surface area contributed by atoms with Crippen molar-refractivity contribution in [2.75, 3.05) is 0 Å². The van der Waals surface area contributed by atoms with E-state index in [4.69, 9.17) is 0 Å². The molecule has 0 saturated heterocycles. The second kappa shape index (κ2) is 15.0. The van der Waals surface area contributed by atoms with E-state index in [2.05, 4.69) is 6.92 Å². The molecule has 25 heavy (non-hydrogen) atoms. The second-order valence-electron chi connectivity index (χ2n) is 6.74. The Balaban J connectivity index is 0.00000576. The van der Waals surface area contributed by atoms with E-state index >= 15 is 0 Å². The fourth-order valence-electron chi connectivity index (χ4n) is 3.15. The SMILES string of the molecule is CCCCCCCCCCCCCC(c1ccccc1)S(=O)(=O)O.[Ti]. The van der Waals surface area contributed by atoms with Gasteiger partial charge in [0.25, 0.3) is 10.1 Å². The van der Waals surface area contributed by atoms with E-state index in [0.29, 0.717) is 12.0 Å².